The van der Waals surface area contributed by atoms with Gasteiger partial charge in [-0.15, -0.1) is 0 Å². The Kier molecular flexibility index (Phi) is 4.67. The highest BCUT2D eigenvalue weighted by atomic mass is 15.3. The van der Waals surface area contributed by atoms with E-state index in [9.17, 15) is 0 Å². The van der Waals surface area contributed by atoms with Crippen LogP contribution in [-0.2, 0) is 19.9 Å². The lowest BCUT2D eigenvalue weighted by Crippen LogP contribution is -2.44. The molecule has 1 saturated carbocycles. The van der Waals surface area contributed by atoms with Crippen LogP contribution in [0.1, 0.15) is 57.8 Å². The van der Waals surface area contributed by atoms with Gasteiger partial charge in [0.1, 0.15) is 0 Å². The Bertz CT molecular complexity index is 402. The number of likely N-dealkylation sites (N-methyl/N-ethyl adjacent to an activating group) is 1. The highest BCUT2D eigenvalue weighted by Gasteiger charge is 2.36. The Hall–Kier alpha value is -0.830. The number of nitrogens with zero attached hydrogens (tertiary/aromatic N) is 2. The Morgan fingerprint density at radius 3 is 2.58 bits per heavy atom. The van der Waals surface area contributed by atoms with Gasteiger partial charge in [-0.05, 0) is 37.3 Å². The van der Waals surface area contributed by atoms with Gasteiger partial charge in [0, 0.05) is 25.2 Å². The Morgan fingerprint density at radius 1 is 1.37 bits per heavy atom. The van der Waals surface area contributed by atoms with Crippen LogP contribution in [0, 0.1) is 5.41 Å². The molecule has 0 amide bonds. The molecule has 19 heavy (non-hydrogen) atoms. The zero-order valence-corrected chi connectivity index (χ0v) is 13.0. The molecule has 0 aliphatic heterocycles. The summed E-state index contributed by atoms with van der Waals surface area (Å²) in [6.45, 7) is 7.90. The average molecular weight is 263 g/mol. The highest BCUT2D eigenvalue weighted by Crippen LogP contribution is 2.41. The maximum Gasteiger partial charge on any atom is 0.0624 e. The molecule has 0 aromatic carbocycles. The van der Waals surface area contributed by atoms with Crippen LogP contribution in [0.4, 0.5) is 0 Å². The summed E-state index contributed by atoms with van der Waals surface area (Å²) in [7, 11) is 2.08. The van der Waals surface area contributed by atoms with Gasteiger partial charge in [-0.3, -0.25) is 4.68 Å². The molecule has 1 aromatic heterocycles. The summed E-state index contributed by atoms with van der Waals surface area (Å²) in [6.07, 6.45) is 7.64. The molecule has 1 fully saturated rings. The monoisotopic (exact) mass is 263 g/mol. The van der Waals surface area contributed by atoms with E-state index in [2.05, 4.69) is 49.0 Å². The minimum absolute atomic E-state index is 0.465. The second-order valence-corrected chi connectivity index (χ2v) is 6.28. The lowest BCUT2D eigenvalue weighted by molar-refractivity contribution is 0.219. The first-order valence-corrected chi connectivity index (χ1v) is 7.84. The van der Waals surface area contributed by atoms with Gasteiger partial charge < -0.3 is 5.32 Å². The summed E-state index contributed by atoms with van der Waals surface area (Å²) in [5.74, 6) is 0. The first kappa shape index (κ1) is 14.6. The number of nitrogens with one attached hydrogen (secondary N) is 1. The molecule has 1 atom stereocenters. The van der Waals surface area contributed by atoms with Gasteiger partial charge >= 0.3 is 0 Å². The fourth-order valence-corrected chi connectivity index (χ4v) is 3.49. The van der Waals surface area contributed by atoms with Crippen molar-refractivity contribution < 1.29 is 0 Å². The summed E-state index contributed by atoms with van der Waals surface area (Å²) >= 11 is 0. The topological polar surface area (TPSA) is 29.9 Å². The van der Waals surface area contributed by atoms with Crippen molar-refractivity contribution in [3.8, 4) is 0 Å². The molecule has 1 aromatic rings. The van der Waals surface area contributed by atoms with Crippen LogP contribution in [0.15, 0.2) is 6.07 Å². The maximum atomic E-state index is 4.58. The minimum Gasteiger partial charge on any atom is -0.313 e. The zero-order chi connectivity index (χ0) is 13.9. The molecule has 1 aliphatic carbocycles. The number of hydrogen-bond acceptors (Lipinski definition) is 2. The number of rotatable bonds is 6. The third-order valence-electron chi connectivity index (χ3n) is 4.84. The summed E-state index contributed by atoms with van der Waals surface area (Å²) in [5, 5.41) is 8.31. The molecule has 0 radical (unpaired) electrons. The SMILES string of the molecule is CCNC(Cc1cc(CC)nn1C)C1(C)CCCC1. The molecule has 1 aliphatic rings. The van der Waals surface area contributed by atoms with Crippen molar-refractivity contribution in [1.82, 2.24) is 15.1 Å². The van der Waals surface area contributed by atoms with Gasteiger partial charge in [-0.1, -0.05) is 33.6 Å². The smallest absolute Gasteiger partial charge is 0.0624 e. The van der Waals surface area contributed by atoms with E-state index in [-0.39, 0.29) is 0 Å². The largest absolute Gasteiger partial charge is 0.313 e. The van der Waals surface area contributed by atoms with E-state index in [1.165, 1.54) is 37.1 Å². The first-order valence-electron chi connectivity index (χ1n) is 7.84. The summed E-state index contributed by atoms with van der Waals surface area (Å²) in [5.41, 5.74) is 3.05. The van der Waals surface area contributed by atoms with Crippen LogP contribution in [0.5, 0.6) is 0 Å². The van der Waals surface area contributed by atoms with Gasteiger partial charge in [0.2, 0.25) is 0 Å². The molecule has 2 rings (SSSR count). The predicted octanol–water partition coefficient (Wildman–Crippen LogP) is 3.08. The van der Waals surface area contributed by atoms with Crippen molar-refractivity contribution in [3.05, 3.63) is 17.5 Å². The molecule has 0 bridgehead atoms. The number of hydrogen-bond donors (Lipinski definition) is 1. The van der Waals surface area contributed by atoms with Gasteiger partial charge in [-0.25, -0.2) is 0 Å². The molecule has 0 saturated heterocycles. The quantitative estimate of drug-likeness (QED) is 0.855. The van der Waals surface area contributed by atoms with Crippen molar-refractivity contribution in [1.29, 1.82) is 0 Å². The molecule has 1 unspecified atom stereocenters. The molecular weight excluding hydrogens is 234 g/mol. The molecule has 1 heterocycles. The van der Waals surface area contributed by atoms with Crippen LogP contribution in [0.3, 0.4) is 0 Å². The van der Waals surface area contributed by atoms with E-state index in [1.807, 2.05) is 0 Å². The minimum atomic E-state index is 0.465. The van der Waals surface area contributed by atoms with Crippen LogP contribution >= 0.6 is 0 Å². The standard InChI is InChI=1S/C16H29N3/c1-5-13-11-14(19(4)18-13)12-15(17-6-2)16(3)9-7-8-10-16/h11,15,17H,5-10,12H2,1-4H3. The van der Waals surface area contributed by atoms with Crippen LogP contribution < -0.4 is 5.32 Å². The highest BCUT2D eigenvalue weighted by molar-refractivity contribution is 5.13. The van der Waals surface area contributed by atoms with E-state index in [0.29, 0.717) is 11.5 Å². The van der Waals surface area contributed by atoms with E-state index in [4.69, 9.17) is 0 Å². The fourth-order valence-electron chi connectivity index (χ4n) is 3.49. The summed E-state index contributed by atoms with van der Waals surface area (Å²) in [6, 6.07) is 2.86. The molecule has 3 heteroatoms. The van der Waals surface area contributed by atoms with Crippen molar-refractivity contribution >= 4 is 0 Å². The fraction of sp³-hybridized carbons (Fsp3) is 0.812. The van der Waals surface area contributed by atoms with Crippen molar-refractivity contribution in [3.63, 3.8) is 0 Å². The lowest BCUT2D eigenvalue weighted by Gasteiger charge is -2.35. The van der Waals surface area contributed by atoms with Gasteiger partial charge in [-0.2, -0.15) is 5.10 Å². The molecule has 108 valence electrons. The van der Waals surface area contributed by atoms with Gasteiger partial charge in [0.15, 0.2) is 0 Å². The maximum absolute atomic E-state index is 4.58. The third kappa shape index (κ3) is 3.19. The normalized spacial score (nSPS) is 19.8. The lowest BCUT2D eigenvalue weighted by atomic mass is 9.78. The summed E-state index contributed by atoms with van der Waals surface area (Å²) in [4.78, 5) is 0. The Morgan fingerprint density at radius 2 is 2.05 bits per heavy atom. The molecular formula is C16H29N3. The van der Waals surface area contributed by atoms with Crippen molar-refractivity contribution in [2.45, 2.75) is 65.3 Å². The van der Waals surface area contributed by atoms with E-state index >= 15 is 0 Å². The second kappa shape index (κ2) is 6.08. The first-order chi connectivity index (χ1) is 9.09. The van der Waals surface area contributed by atoms with Crippen molar-refractivity contribution in [2.75, 3.05) is 6.54 Å². The van der Waals surface area contributed by atoms with Crippen LogP contribution in [0.25, 0.3) is 0 Å². The zero-order valence-electron chi connectivity index (χ0n) is 13.0. The van der Waals surface area contributed by atoms with Crippen LogP contribution in [-0.4, -0.2) is 22.4 Å². The average Bonchev–Trinajstić information content (AvgIpc) is 2.97. The number of aromatic nitrogens is 2. The van der Waals surface area contributed by atoms with E-state index < -0.39 is 0 Å². The van der Waals surface area contributed by atoms with Crippen molar-refractivity contribution in [2.24, 2.45) is 12.5 Å². The molecule has 3 nitrogen and oxygen atoms in total. The Labute approximate surface area is 117 Å². The molecule has 0 spiro atoms. The van der Waals surface area contributed by atoms with E-state index in [0.717, 1.165) is 19.4 Å². The van der Waals surface area contributed by atoms with Gasteiger partial charge in [0.05, 0.1) is 5.69 Å². The Balaban J connectivity index is 2.13. The summed E-state index contributed by atoms with van der Waals surface area (Å²) < 4.78 is 2.07. The second-order valence-electron chi connectivity index (χ2n) is 6.28. The number of aryl methyl sites for hydroxylation is 2. The molecule has 1 N–H and O–H groups in total. The van der Waals surface area contributed by atoms with E-state index in [1.54, 1.807) is 0 Å². The van der Waals surface area contributed by atoms with Gasteiger partial charge in [0.25, 0.3) is 0 Å². The predicted molar refractivity (Wildman–Crippen MR) is 80.3 cm³/mol. The van der Waals surface area contributed by atoms with Crippen LogP contribution in [0.2, 0.25) is 0 Å². The third-order valence-corrected chi connectivity index (χ3v) is 4.84.